The Labute approximate surface area is 194 Å². The standard InChI is InChI=1S/C23H18ClFN2O3S2/c1-32(29,30)27(14-15-5-3-2-4-6-15)18-8-10-21-16(11-18)12-22(31-21)23(28)26-17-7-9-20(25)19(24)13-17/h2-13H,14H2,1H3,(H,26,28). The second kappa shape index (κ2) is 8.90. The molecular formula is C23H18ClFN2O3S2. The number of rotatable bonds is 6. The second-order valence-electron chi connectivity index (χ2n) is 7.17. The number of hydrogen-bond donors (Lipinski definition) is 1. The number of fused-ring (bicyclic) bond motifs is 1. The average molecular weight is 489 g/mol. The van der Waals surface area contributed by atoms with Gasteiger partial charge in [-0.05, 0) is 53.4 Å². The van der Waals surface area contributed by atoms with E-state index in [1.54, 1.807) is 24.3 Å². The van der Waals surface area contributed by atoms with Gasteiger partial charge in [-0.25, -0.2) is 12.8 Å². The molecule has 32 heavy (non-hydrogen) atoms. The highest BCUT2D eigenvalue weighted by molar-refractivity contribution is 7.92. The molecule has 1 heterocycles. The predicted octanol–water partition coefficient (Wildman–Crippen LogP) is 5.91. The molecular weight excluding hydrogens is 471 g/mol. The minimum absolute atomic E-state index is 0.0805. The number of benzene rings is 3. The molecule has 5 nitrogen and oxygen atoms in total. The maximum absolute atomic E-state index is 13.3. The molecule has 1 aromatic heterocycles. The SMILES string of the molecule is CS(=O)(=O)N(Cc1ccccc1)c1ccc2sc(C(=O)Nc3ccc(F)c(Cl)c3)cc2c1. The number of sulfonamides is 1. The van der Waals surface area contributed by atoms with E-state index in [2.05, 4.69) is 5.32 Å². The van der Waals surface area contributed by atoms with Gasteiger partial charge in [0, 0.05) is 10.4 Å². The van der Waals surface area contributed by atoms with Crippen LogP contribution < -0.4 is 9.62 Å². The largest absolute Gasteiger partial charge is 0.321 e. The Balaban J connectivity index is 1.62. The number of hydrogen-bond acceptors (Lipinski definition) is 4. The Morgan fingerprint density at radius 3 is 2.50 bits per heavy atom. The summed E-state index contributed by atoms with van der Waals surface area (Å²) in [6.45, 7) is 0.202. The molecule has 4 aromatic rings. The summed E-state index contributed by atoms with van der Waals surface area (Å²) in [4.78, 5) is 13.1. The maximum atomic E-state index is 13.3. The fourth-order valence-electron chi connectivity index (χ4n) is 3.21. The number of thiophene rings is 1. The van der Waals surface area contributed by atoms with Crippen molar-refractivity contribution in [2.45, 2.75) is 6.54 Å². The number of anilines is 2. The van der Waals surface area contributed by atoms with E-state index in [0.29, 0.717) is 16.3 Å². The van der Waals surface area contributed by atoms with Crippen LogP contribution in [-0.4, -0.2) is 20.6 Å². The Bertz CT molecular complexity index is 1410. The molecule has 1 amide bonds. The van der Waals surface area contributed by atoms with E-state index in [0.717, 1.165) is 15.6 Å². The van der Waals surface area contributed by atoms with Crippen molar-refractivity contribution >= 4 is 60.3 Å². The van der Waals surface area contributed by atoms with E-state index in [4.69, 9.17) is 11.6 Å². The number of amides is 1. The second-order valence-corrected chi connectivity index (χ2v) is 10.6. The van der Waals surface area contributed by atoms with Crippen LogP contribution in [0.3, 0.4) is 0 Å². The van der Waals surface area contributed by atoms with Gasteiger partial charge in [-0.15, -0.1) is 11.3 Å². The monoisotopic (exact) mass is 488 g/mol. The topological polar surface area (TPSA) is 66.5 Å². The molecule has 164 valence electrons. The van der Waals surface area contributed by atoms with Crippen molar-refractivity contribution in [2.24, 2.45) is 0 Å². The zero-order valence-corrected chi connectivity index (χ0v) is 19.3. The van der Waals surface area contributed by atoms with Gasteiger partial charge in [0.1, 0.15) is 5.82 Å². The summed E-state index contributed by atoms with van der Waals surface area (Å²) in [6, 6.07) is 20.2. The number of nitrogens with one attached hydrogen (secondary N) is 1. The van der Waals surface area contributed by atoms with Gasteiger partial charge >= 0.3 is 0 Å². The summed E-state index contributed by atoms with van der Waals surface area (Å²) in [5.41, 5.74) is 1.76. The molecule has 0 saturated heterocycles. The normalized spacial score (nSPS) is 11.5. The van der Waals surface area contributed by atoms with Gasteiger partial charge in [0.25, 0.3) is 5.91 Å². The molecule has 4 rings (SSSR count). The molecule has 0 atom stereocenters. The lowest BCUT2D eigenvalue weighted by Crippen LogP contribution is -2.29. The first-order valence-corrected chi connectivity index (χ1v) is 12.6. The fraction of sp³-hybridized carbons (Fsp3) is 0.0870. The number of nitrogens with zero attached hydrogens (tertiary/aromatic N) is 1. The summed E-state index contributed by atoms with van der Waals surface area (Å²) >= 11 is 7.05. The maximum Gasteiger partial charge on any atom is 0.265 e. The predicted molar refractivity (Wildman–Crippen MR) is 129 cm³/mol. The molecule has 0 saturated carbocycles. The smallest absolute Gasteiger partial charge is 0.265 e. The first kappa shape index (κ1) is 22.3. The average Bonchev–Trinajstić information content (AvgIpc) is 3.18. The lowest BCUT2D eigenvalue weighted by Gasteiger charge is -2.22. The summed E-state index contributed by atoms with van der Waals surface area (Å²) < 4.78 is 40.4. The van der Waals surface area contributed by atoms with Gasteiger partial charge in [0.15, 0.2) is 0 Å². The Kier molecular flexibility index (Phi) is 6.19. The van der Waals surface area contributed by atoms with Crippen molar-refractivity contribution in [2.75, 3.05) is 15.9 Å². The molecule has 0 unspecified atom stereocenters. The Morgan fingerprint density at radius 1 is 1.06 bits per heavy atom. The van der Waals surface area contributed by atoms with Gasteiger partial charge in [0.05, 0.1) is 28.4 Å². The molecule has 0 aliphatic rings. The van der Waals surface area contributed by atoms with Crippen LogP contribution in [0.2, 0.25) is 5.02 Å². The fourth-order valence-corrected chi connectivity index (χ4v) is 5.21. The molecule has 3 aromatic carbocycles. The quantitative estimate of drug-likeness (QED) is 0.366. The third-order valence-corrected chi connectivity index (χ3v) is 7.30. The van der Waals surface area contributed by atoms with Crippen LogP contribution in [0.25, 0.3) is 10.1 Å². The highest BCUT2D eigenvalue weighted by Crippen LogP contribution is 2.32. The summed E-state index contributed by atoms with van der Waals surface area (Å²) in [5.74, 6) is -0.926. The van der Waals surface area contributed by atoms with Crippen LogP contribution >= 0.6 is 22.9 Å². The van der Waals surface area contributed by atoms with Crippen LogP contribution in [0.1, 0.15) is 15.2 Å². The van der Waals surface area contributed by atoms with Gasteiger partial charge in [0.2, 0.25) is 10.0 Å². The van der Waals surface area contributed by atoms with E-state index >= 15 is 0 Å². The van der Waals surface area contributed by atoms with E-state index < -0.39 is 15.8 Å². The lowest BCUT2D eigenvalue weighted by atomic mass is 10.2. The van der Waals surface area contributed by atoms with Crippen LogP contribution in [0.15, 0.2) is 72.8 Å². The number of carbonyl (C=O) groups is 1. The van der Waals surface area contributed by atoms with Gasteiger partial charge < -0.3 is 5.32 Å². The summed E-state index contributed by atoms with van der Waals surface area (Å²) in [7, 11) is -3.53. The molecule has 0 bridgehead atoms. The minimum Gasteiger partial charge on any atom is -0.321 e. The highest BCUT2D eigenvalue weighted by atomic mass is 35.5. The molecule has 0 aliphatic heterocycles. The van der Waals surface area contributed by atoms with E-state index in [9.17, 15) is 17.6 Å². The van der Waals surface area contributed by atoms with E-state index in [-0.39, 0.29) is 17.5 Å². The summed E-state index contributed by atoms with van der Waals surface area (Å²) in [6.07, 6.45) is 1.17. The summed E-state index contributed by atoms with van der Waals surface area (Å²) in [5, 5.41) is 3.36. The highest BCUT2D eigenvalue weighted by Gasteiger charge is 2.19. The van der Waals surface area contributed by atoms with Crippen molar-refractivity contribution in [3.63, 3.8) is 0 Å². The van der Waals surface area contributed by atoms with Crippen molar-refractivity contribution in [1.82, 2.24) is 0 Å². The lowest BCUT2D eigenvalue weighted by molar-refractivity contribution is 0.103. The van der Waals surface area contributed by atoms with Gasteiger partial charge in [-0.2, -0.15) is 0 Å². The molecule has 0 aliphatic carbocycles. The molecule has 9 heteroatoms. The zero-order chi connectivity index (χ0) is 22.9. The van der Waals surface area contributed by atoms with Crippen LogP contribution in [0.4, 0.5) is 15.8 Å². The molecule has 0 radical (unpaired) electrons. The van der Waals surface area contributed by atoms with Crippen molar-refractivity contribution in [3.05, 3.63) is 94.1 Å². The zero-order valence-electron chi connectivity index (χ0n) is 16.9. The van der Waals surface area contributed by atoms with E-state index in [1.807, 2.05) is 30.3 Å². The Morgan fingerprint density at radius 2 is 1.81 bits per heavy atom. The van der Waals surface area contributed by atoms with Crippen molar-refractivity contribution in [3.8, 4) is 0 Å². The van der Waals surface area contributed by atoms with Gasteiger partial charge in [-0.3, -0.25) is 9.10 Å². The van der Waals surface area contributed by atoms with Crippen molar-refractivity contribution in [1.29, 1.82) is 0 Å². The third-order valence-electron chi connectivity index (χ3n) is 4.76. The minimum atomic E-state index is -3.53. The first-order valence-electron chi connectivity index (χ1n) is 9.52. The molecule has 0 fully saturated rings. The Hall–Kier alpha value is -2.94. The third kappa shape index (κ3) is 4.93. The first-order chi connectivity index (χ1) is 15.2. The van der Waals surface area contributed by atoms with Crippen LogP contribution in [0, 0.1) is 5.82 Å². The molecule has 0 spiro atoms. The van der Waals surface area contributed by atoms with Crippen LogP contribution in [0.5, 0.6) is 0 Å². The van der Waals surface area contributed by atoms with Gasteiger partial charge in [-0.1, -0.05) is 41.9 Å². The van der Waals surface area contributed by atoms with Crippen molar-refractivity contribution < 1.29 is 17.6 Å². The van der Waals surface area contributed by atoms with Crippen LogP contribution in [-0.2, 0) is 16.6 Å². The molecule has 1 N–H and O–H groups in total. The number of carbonyl (C=O) groups excluding carboxylic acids is 1. The number of halogens is 2. The van der Waals surface area contributed by atoms with E-state index in [1.165, 1.54) is 40.1 Å².